The summed E-state index contributed by atoms with van der Waals surface area (Å²) in [5.74, 6) is 1.69. The third-order valence-corrected chi connectivity index (χ3v) is 6.06. The van der Waals surface area contributed by atoms with E-state index in [0.29, 0.717) is 11.1 Å². The van der Waals surface area contributed by atoms with Crippen LogP contribution in [0, 0.1) is 6.92 Å². The van der Waals surface area contributed by atoms with E-state index in [1.807, 2.05) is 12.1 Å². The maximum atomic E-state index is 6.27. The Morgan fingerprint density at radius 1 is 1.48 bits per heavy atom. The van der Waals surface area contributed by atoms with Gasteiger partial charge in [0.1, 0.15) is 5.82 Å². The Hall–Kier alpha value is -1.86. The lowest BCUT2D eigenvalue weighted by molar-refractivity contribution is 0.647. The first-order valence-corrected chi connectivity index (χ1v) is 10.6. The lowest BCUT2D eigenvalue weighted by atomic mass is 10.3. The molecule has 0 radical (unpaired) electrons. The van der Waals surface area contributed by atoms with Crippen LogP contribution in [0.25, 0.3) is 0 Å². The Balaban J connectivity index is 1.47. The fraction of sp³-hybridized carbons (Fsp3) is 0.526. The SMILES string of the molecule is CCc1nc(CCNC(=NC)NC2CCN(c3ncccc3Cl)C2)sc1C. The number of aliphatic imine (C=N–C) groups is 1. The van der Waals surface area contributed by atoms with E-state index < -0.39 is 0 Å². The molecular formula is C19H27ClN6S. The van der Waals surface area contributed by atoms with Crippen molar-refractivity contribution in [1.29, 1.82) is 0 Å². The first-order chi connectivity index (χ1) is 13.1. The quantitative estimate of drug-likeness (QED) is 0.570. The third kappa shape index (κ3) is 5.11. The number of guanidine groups is 1. The monoisotopic (exact) mass is 406 g/mol. The molecule has 8 heteroatoms. The minimum absolute atomic E-state index is 0.322. The second-order valence-electron chi connectivity index (χ2n) is 6.60. The topological polar surface area (TPSA) is 65.4 Å². The summed E-state index contributed by atoms with van der Waals surface area (Å²) in [5, 5.41) is 8.80. The van der Waals surface area contributed by atoms with Crippen molar-refractivity contribution in [3.05, 3.63) is 38.9 Å². The number of pyridine rings is 1. The number of anilines is 1. The first-order valence-electron chi connectivity index (χ1n) is 9.38. The lowest BCUT2D eigenvalue weighted by Crippen LogP contribution is -2.45. The molecule has 1 fully saturated rings. The van der Waals surface area contributed by atoms with Gasteiger partial charge in [0.2, 0.25) is 0 Å². The summed E-state index contributed by atoms with van der Waals surface area (Å²) in [7, 11) is 1.81. The van der Waals surface area contributed by atoms with Gasteiger partial charge in [0.25, 0.3) is 0 Å². The highest BCUT2D eigenvalue weighted by Gasteiger charge is 2.25. The van der Waals surface area contributed by atoms with Gasteiger partial charge in [-0.25, -0.2) is 9.97 Å². The molecule has 0 spiro atoms. The lowest BCUT2D eigenvalue weighted by Gasteiger charge is -2.20. The summed E-state index contributed by atoms with van der Waals surface area (Å²) >= 11 is 8.06. The molecule has 0 amide bonds. The van der Waals surface area contributed by atoms with E-state index in [2.05, 4.69) is 39.4 Å². The van der Waals surface area contributed by atoms with Gasteiger partial charge in [-0.1, -0.05) is 18.5 Å². The molecule has 0 bridgehead atoms. The van der Waals surface area contributed by atoms with E-state index in [1.54, 1.807) is 24.6 Å². The fourth-order valence-electron chi connectivity index (χ4n) is 3.28. The molecule has 27 heavy (non-hydrogen) atoms. The van der Waals surface area contributed by atoms with Gasteiger partial charge in [0.15, 0.2) is 5.96 Å². The van der Waals surface area contributed by atoms with Crippen LogP contribution in [-0.4, -0.2) is 48.7 Å². The van der Waals surface area contributed by atoms with Crippen LogP contribution >= 0.6 is 22.9 Å². The van der Waals surface area contributed by atoms with Crippen molar-refractivity contribution in [3.8, 4) is 0 Å². The average molecular weight is 407 g/mol. The molecule has 0 saturated carbocycles. The molecule has 2 aromatic rings. The maximum Gasteiger partial charge on any atom is 0.191 e. The Morgan fingerprint density at radius 2 is 2.33 bits per heavy atom. The highest BCUT2D eigenvalue weighted by molar-refractivity contribution is 7.11. The number of aromatic nitrogens is 2. The molecule has 2 N–H and O–H groups in total. The van der Waals surface area contributed by atoms with Gasteiger partial charge in [0, 0.05) is 50.2 Å². The summed E-state index contributed by atoms with van der Waals surface area (Å²) in [6, 6.07) is 4.06. The molecule has 1 atom stereocenters. The number of hydrogen-bond donors (Lipinski definition) is 2. The fourth-order valence-corrected chi connectivity index (χ4v) is 4.54. The van der Waals surface area contributed by atoms with E-state index >= 15 is 0 Å². The first kappa shape index (κ1) is 19.9. The summed E-state index contributed by atoms with van der Waals surface area (Å²) < 4.78 is 0. The molecule has 1 unspecified atom stereocenters. The van der Waals surface area contributed by atoms with E-state index in [1.165, 1.54) is 15.6 Å². The number of rotatable bonds is 6. The summed E-state index contributed by atoms with van der Waals surface area (Å²) in [5.41, 5.74) is 1.22. The molecule has 6 nitrogen and oxygen atoms in total. The number of aryl methyl sites for hydroxylation is 2. The minimum atomic E-state index is 0.322. The van der Waals surface area contributed by atoms with Crippen LogP contribution in [0.2, 0.25) is 5.02 Å². The molecular weight excluding hydrogens is 380 g/mol. The molecule has 3 heterocycles. The van der Waals surface area contributed by atoms with Crippen LogP contribution in [0.5, 0.6) is 0 Å². The zero-order valence-corrected chi connectivity index (χ0v) is 17.7. The Bertz CT molecular complexity index is 790. The van der Waals surface area contributed by atoms with Gasteiger partial charge in [-0.3, -0.25) is 4.99 Å². The second kappa shape index (κ2) is 9.37. The van der Waals surface area contributed by atoms with Gasteiger partial charge in [-0.05, 0) is 31.9 Å². The second-order valence-corrected chi connectivity index (χ2v) is 8.29. The zero-order chi connectivity index (χ0) is 19.2. The van der Waals surface area contributed by atoms with Crippen LogP contribution in [0.3, 0.4) is 0 Å². The molecule has 1 aliphatic rings. The van der Waals surface area contributed by atoms with Crippen LogP contribution in [0.1, 0.15) is 28.9 Å². The van der Waals surface area contributed by atoms with E-state index in [0.717, 1.165) is 50.7 Å². The number of halogens is 1. The van der Waals surface area contributed by atoms with Crippen molar-refractivity contribution in [3.63, 3.8) is 0 Å². The smallest absolute Gasteiger partial charge is 0.191 e. The Labute approximate surface area is 170 Å². The van der Waals surface area contributed by atoms with Gasteiger partial charge in [-0.15, -0.1) is 11.3 Å². The van der Waals surface area contributed by atoms with Gasteiger partial charge in [-0.2, -0.15) is 0 Å². The van der Waals surface area contributed by atoms with Crippen molar-refractivity contribution in [2.24, 2.45) is 4.99 Å². The third-order valence-electron chi connectivity index (χ3n) is 4.69. The van der Waals surface area contributed by atoms with Crippen LogP contribution in [0.15, 0.2) is 23.3 Å². The molecule has 1 saturated heterocycles. The summed E-state index contributed by atoms with van der Waals surface area (Å²) in [6.45, 7) is 6.91. The molecule has 2 aromatic heterocycles. The molecule has 1 aliphatic heterocycles. The normalized spacial score (nSPS) is 17.4. The Kier molecular flexibility index (Phi) is 6.90. The van der Waals surface area contributed by atoms with Crippen molar-refractivity contribution in [1.82, 2.24) is 20.6 Å². The standard InChI is InChI=1S/C19H27ClN6S/c1-4-16-13(2)27-17(25-16)7-10-23-19(21-3)24-14-8-11-26(12-14)18-15(20)6-5-9-22-18/h5-6,9,14H,4,7-8,10-12H2,1-3H3,(H2,21,23,24). The van der Waals surface area contributed by atoms with Crippen LogP contribution in [0.4, 0.5) is 5.82 Å². The zero-order valence-electron chi connectivity index (χ0n) is 16.1. The van der Waals surface area contributed by atoms with Crippen LogP contribution < -0.4 is 15.5 Å². The van der Waals surface area contributed by atoms with Gasteiger partial charge >= 0.3 is 0 Å². The number of hydrogen-bond acceptors (Lipinski definition) is 5. The van der Waals surface area contributed by atoms with Gasteiger partial charge in [0.05, 0.1) is 15.7 Å². The number of nitrogens with zero attached hydrogens (tertiary/aromatic N) is 4. The maximum absolute atomic E-state index is 6.27. The summed E-state index contributed by atoms with van der Waals surface area (Å²) in [6.07, 6.45) is 4.72. The molecule has 3 rings (SSSR count). The largest absolute Gasteiger partial charge is 0.356 e. The van der Waals surface area contributed by atoms with Crippen molar-refractivity contribution in [2.75, 3.05) is 31.6 Å². The van der Waals surface area contributed by atoms with E-state index in [9.17, 15) is 0 Å². The van der Waals surface area contributed by atoms with Crippen molar-refractivity contribution in [2.45, 2.75) is 39.2 Å². The van der Waals surface area contributed by atoms with E-state index in [4.69, 9.17) is 16.6 Å². The highest BCUT2D eigenvalue weighted by Crippen LogP contribution is 2.25. The average Bonchev–Trinajstić information content (AvgIpc) is 3.27. The predicted molar refractivity (Wildman–Crippen MR) is 114 cm³/mol. The molecule has 0 aliphatic carbocycles. The van der Waals surface area contributed by atoms with Gasteiger partial charge < -0.3 is 15.5 Å². The van der Waals surface area contributed by atoms with Crippen molar-refractivity contribution >= 4 is 34.7 Å². The highest BCUT2D eigenvalue weighted by atomic mass is 35.5. The number of thiazole rings is 1. The van der Waals surface area contributed by atoms with E-state index in [-0.39, 0.29) is 0 Å². The Morgan fingerprint density at radius 3 is 3.04 bits per heavy atom. The summed E-state index contributed by atoms with van der Waals surface area (Å²) in [4.78, 5) is 17.0. The predicted octanol–water partition coefficient (Wildman–Crippen LogP) is 3.05. The van der Waals surface area contributed by atoms with Crippen LogP contribution in [-0.2, 0) is 12.8 Å². The molecule has 0 aromatic carbocycles. The van der Waals surface area contributed by atoms with Crippen molar-refractivity contribution < 1.29 is 0 Å². The molecule has 146 valence electrons. The minimum Gasteiger partial charge on any atom is -0.356 e. The number of nitrogens with one attached hydrogen (secondary N) is 2.